The first-order chi connectivity index (χ1) is 12.2. The van der Waals surface area contributed by atoms with E-state index in [9.17, 15) is 4.79 Å². The highest BCUT2D eigenvalue weighted by atomic mass is 32.1. The van der Waals surface area contributed by atoms with E-state index in [-0.39, 0.29) is 5.97 Å². The fraction of sp³-hybridized carbons (Fsp3) is 0.389. The van der Waals surface area contributed by atoms with Gasteiger partial charge in [0.25, 0.3) is 0 Å². The van der Waals surface area contributed by atoms with Gasteiger partial charge in [0.1, 0.15) is 11.3 Å². The Balaban J connectivity index is 1.89. The first kappa shape index (κ1) is 16.5. The molecule has 0 unspecified atom stereocenters. The van der Waals surface area contributed by atoms with Crippen LogP contribution in [-0.2, 0) is 17.6 Å². The molecule has 0 N–H and O–H groups in total. The number of carbonyl (C=O) groups is 1. The molecule has 0 atom stereocenters. The van der Waals surface area contributed by atoms with Crippen LogP contribution in [0, 0.1) is 6.92 Å². The lowest BCUT2D eigenvalue weighted by atomic mass is 9.95. The first-order valence-electron chi connectivity index (χ1n) is 8.47. The predicted molar refractivity (Wildman–Crippen MR) is 99.9 cm³/mol. The molecule has 0 bridgehead atoms. The van der Waals surface area contributed by atoms with E-state index < -0.39 is 0 Å². The zero-order valence-corrected chi connectivity index (χ0v) is 15.9. The first-order valence-corrected chi connectivity index (χ1v) is 10.2. The third kappa shape index (κ3) is 2.81. The molecule has 0 aromatic carbocycles. The summed E-state index contributed by atoms with van der Waals surface area (Å²) >= 11 is 3.30. The van der Waals surface area contributed by atoms with Crippen LogP contribution in [-0.4, -0.2) is 27.3 Å². The van der Waals surface area contributed by atoms with Gasteiger partial charge < -0.3 is 4.74 Å². The smallest absolute Gasteiger partial charge is 0.341 e. The summed E-state index contributed by atoms with van der Waals surface area (Å²) in [6.07, 6.45) is 5.80. The molecule has 0 fully saturated rings. The third-order valence-electron chi connectivity index (χ3n) is 4.44. The van der Waals surface area contributed by atoms with Crippen molar-refractivity contribution in [2.75, 3.05) is 6.61 Å². The van der Waals surface area contributed by atoms with Gasteiger partial charge >= 0.3 is 5.97 Å². The average Bonchev–Trinajstić information content (AvgIpc) is 3.31. The van der Waals surface area contributed by atoms with Crippen molar-refractivity contribution in [2.24, 2.45) is 0 Å². The summed E-state index contributed by atoms with van der Waals surface area (Å²) in [5, 5.41) is 7.33. The summed E-state index contributed by atoms with van der Waals surface area (Å²) in [7, 11) is 0. The van der Waals surface area contributed by atoms with Crippen LogP contribution in [0.1, 0.15) is 46.1 Å². The molecule has 7 heteroatoms. The maximum atomic E-state index is 12.7. The van der Waals surface area contributed by atoms with Crippen LogP contribution in [0.25, 0.3) is 15.7 Å². The number of hydrogen-bond donors (Lipinski definition) is 0. The summed E-state index contributed by atoms with van der Waals surface area (Å²) < 4.78 is 7.17. The Labute approximate surface area is 154 Å². The minimum Gasteiger partial charge on any atom is -0.462 e. The summed E-state index contributed by atoms with van der Waals surface area (Å²) in [6, 6.07) is 2.07. The van der Waals surface area contributed by atoms with Crippen molar-refractivity contribution in [2.45, 2.75) is 39.5 Å². The van der Waals surface area contributed by atoms with E-state index in [4.69, 9.17) is 4.74 Å². The lowest BCUT2D eigenvalue weighted by Gasteiger charge is -2.12. The molecular weight excluding hydrogens is 354 g/mol. The molecule has 1 aliphatic carbocycles. The number of carbonyl (C=O) groups excluding carboxylic acids is 1. The van der Waals surface area contributed by atoms with Gasteiger partial charge in [-0.1, -0.05) is 0 Å². The number of hydrogen-bond acceptors (Lipinski definition) is 6. The minimum atomic E-state index is -0.249. The number of ether oxygens (including phenoxy) is 1. The quantitative estimate of drug-likeness (QED) is 0.635. The van der Waals surface area contributed by atoms with Crippen LogP contribution >= 0.6 is 22.7 Å². The Morgan fingerprint density at radius 3 is 2.96 bits per heavy atom. The lowest BCUT2D eigenvalue weighted by molar-refractivity contribution is 0.0525. The molecule has 3 heterocycles. The van der Waals surface area contributed by atoms with E-state index in [1.54, 1.807) is 29.0 Å². The molecule has 1 aliphatic rings. The Kier molecular flexibility index (Phi) is 4.43. The second-order valence-corrected chi connectivity index (χ2v) is 8.04. The zero-order valence-electron chi connectivity index (χ0n) is 14.2. The van der Waals surface area contributed by atoms with E-state index in [2.05, 4.69) is 28.5 Å². The third-order valence-corrected chi connectivity index (χ3v) is 6.72. The number of rotatable bonds is 4. The van der Waals surface area contributed by atoms with Gasteiger partial charge in [-0.15, -0.1) is 22.7 Å². The second kappa shape index (κ2) is 6.72. The van der Waals surface area contributed by atoms with Crippen LogP contribution in [0.3, 0.4) is 0 Å². The van der Waals surface area contributed by atoms with E-state index in [0.29, 0.717) is 12.2 Å². The van der Waals surface area contributed by atoms with Crippen LogP contribution in [0.2, 0.25) is 0 Å². The maximum absolute atomic E-state index is 12.7. The molecule has 4 rings (SSSR count). The fourth-order valence-corrected chi connectivity index (χ4v) is 5.50. The van der Waals surface area contributed by atoms with E-state index >= 15 is 0 Å². The summed E-state index contributed by atoms with van der Waals surface area (Å²) in [5.74, 6) is 0.540. The van der Waals surface area contributed by atoms with Gasteiger partial charge in [0.05, 0.1) is 17.0 Å². The topological polar surface area (TPSA) is 57.0 Å². The van der Waals surface area contributed by atoms with Gasteiger partial charge in [0.2, 0.25) is 0 Å². The molecule has 0 amide bonds. The van der Waals surface area contributed by atoms with E-state index in [0.717, 1.165) is 40.5 Å². The normalized spacial score (nSPS) is 13.7. The molecular formula is C18H19N3O2S2. The van der Waals surface area contributed by atoms with Crippen molar-refractivity contribution in [1.82, 2.24) is 14.8 Å². The number of thiophene rings is 2. The number of aryl methyl sites for hydroxylation is 2. The van der Waals surface area contributed by atoms with Gasteiger partial charge in [0.15, 0.2) is 5.82 Å². The highest BCUT2D eigenvalue weighted by Crippen LogP contribution is 2.39. The standard InChI is InChI=1S/C18H19N3O2S2/c1-3-23-18(22)14-12-6-4-5-7-13(12)25-17(14)21-16(19-10-20-21)15-11(2)8-9-24-15/h8-10H,3-7H2,1-2H3. The highest BCUT2D eigenvalue weighted by molar-refractivity contribution is 7.15. The second-order valence-electron chi connectivity index (χ2n) is 6.04. The molecule has 3 aromatic rings. The maximum Gasteiger partial charge on any atom is 0.341 e. The summed E-state index contributed by atoms with van der Waals surface area (Å²) in [5.41, 5.74) is 3.00. The monoisotopic (exact) mass is 373 g/mol. The van der Waals surface area contributed by atoms with Crippen molar-refractivity contribution < 1.29 is 9.53 Å². The molecule has 0 radical (unpaired) electrons. The summed E-state index contributed by atoms with van der Waals surface area (Å²) in [6.45, 7) is 4.28. The number of nitrogens with zero attached hydrogens (tertiary/aromatic N) is 3. The molecule has 0 saturated heterocycles. The van der Waals surface area contributed by atoms with E-state index in [1.807, 2.05) is 11.6 Å². The minimum absolute atomic E-state index is 0.249. The Morgan fingerprint density at radius 2 is 2.20 bits per heavy atom. The van der Waals surface area contributed by atoms with Gasteiger partial charge in [-0.25, -0.2) is 14.5 Å². The molecule has 130 valence electrons. The number of fused-ring (bicyclic) bond motifs is 1. The molecule has 5 nitrogen and oxygen atoms in total. The van der Waals surface area contributed by atoms with Gasteiger partial charge in [-0.2, -0.15) is 5.10 Å². The molecule has 0 saturated carbocycles. The predicted octanol–water partition coefficient (Wildman–Crippen LogP) is 4.42. The van der Waals surface area contributed by atoms with Crippen LogP contribution in [0.5, 0.6) is 0 Å². The number of aromatic nitrogens is 3. The van der Waals surface area contributed by atoms with Crippen molar-refractivity contribution in [3.05, 3.63) is 39.3 Å². The SMILES string of the molecule is CCOC(=O)c1c(-n2ncnc2-c2sccc2C)sc2c1CCCC2. The Hall–Kier alpha value is -1.99. The van der Waals surface area contributed by atoms with Crippen molar-refractivity contribution in [1.29, 1.82) is 0 Å². The van der Waals surface area contributed by atoms with Gasteiger partial charge in [-0.3, -0.25) is 0 Å². The number of esters is 1. The molecule has 25 heavy (non-hydrogen) atoms. The van der Waals surface area contributed by atoms with Crippen molar-refractivity contribution >= 4 is 28.6 Å². The van der Waals surface area contributed by atoms with Crippen molar-refractivity contribution in [3.63, 3.8) is 0 Å². The van der Waals surface area contributed by atoms with Gasteiger partial charge in [-0.05, 0) is 62.1 Å². The van der Waals surface area contributed by atoms with E-state index in [1.165, 1.54) is 16.9 Å². The fourth-order valence-electron chi connectivity index (χ4n) is 3.26. The van der Waals surface area contributed by atoms with Crippen LogP contribution in [0.4, 0.5) is 0 Å². The molecule has 3 aromatic heterocycles. The lowest BCUT2D eigenvalue weighted by Crippen LogP contribution is -2.12. The van der Waals surface area contributed by atoms with Crippen molar-refractivity contribution in [3.8, 4) is 15.7 Å². The zero-order chi connectivity index (χ0) is 17.4. The highest BCUT2D eigenvalue weighted by Gasteiger charge is 2.29. The average molecular weight is 374 g/mol. The molecule has 0 spiro atoms. The largest absolute Gasteiger partial charge is 0.462 e. The van der Waals surface area contributed by atoms with Crippen LogP contribution < -0.4 is 0 Å². The Morgan fingerprint density at radius 1 is 1.36 bits per heavy atom. The van der Waals surface area contributed by atoms with Crippen LogP contribution in [0.15, 0.2) is 17.8 Å². The molecule has 0 aliphatic heterocycles. The summed E-state index contributed by atoms with van der Waals surface area (Å²) in [4.78, 5) is 19.5. The Bertz CT molecular complexity index is 923. The van der Waals surface area contributed by atoms with Gasteiger partial charge in [0, 0.05) is 4.88 Å².